The lowest BCUT2D eigenvalue weighted by Crippen LogP contribution is -2.20. The highest BCUT2D eigenvalue weighted by atomic mass is 127. The third kappa shape index (κ3) is 3.16. The Hall–Kier alpha value is -1.74. The summed E-state index contributed by atoms with van der Waals surface area (Å²) in [7, 11) is 0. The Bertz CT molecular complexity index is 883. The van der Waals surface area contributed by atoms with Gasteiger partial charge in [0.15, 0.2) is 0 Å². The molecular weight excluding hydrogens is 431 g/mol. The topological polar surface area (TPSA) is 97.3 Å². The van der Waals surface area contributed by atoms with Crippen molar-refractivity contribution in [3.05, 3.63) is 76.6 Å². The summed E-state index contributed by atoms with van der Waals surface area (Å²) in [6.45, 7) is 3.65. The number of hydrogen-bond donors (Lipinski definition) is 4. The van der Waals surface area contributed by atoms with Crippen molar-refractivity contribution >= 4 is 35.0 Å². The number of nitrogens with one attached hydrogen (secondary N) is 4. The summed E-state index contributed by atoms with van der Waals surface area (Å²) in [5.74, 6) is -0.417. The van der Waals surface area contributed by atoms with Crippen LogP contribution in [0.3, 0.4) is 0 Å². The smallest absolute Gasteiger partial charge is 0.268 e. The van der Waals surface area contributed by atoms with E-state index in [9.17, 15) is 9.59 Å². The van der Waals surface area contributed by atoms with Crippen LogP contribution in [0.4, 0.5) is 0 Å². The summed E-state index contributed by atoms with van der Waals surface area (Å²) in [5, 5.41) is 10.9. The minimum absolute atomic E-state index is 0. The van der Waals surface area contributed by atoms with E-state index in [1.807, 2.05) is 38.1 Å². The van der Waals surface area contributed by atoms with Crippen LogP contribution in [0.1, 0.15) is 34.0 Å². The fourth-order valence-electron chi connectivity index (χ4n) is 2.77. The Morgan fingerprint density at radius 3 is 1.83 bits per heavy atom. The Morgan fingerprint density at radius 2 is 1.43 bits per heavy atom. The molecule has 122 valence electrons. The zero-order valence-corrected chi connectivity index (χ0v) is 15.5. The molecule has 6 nitrogen and oxygen atoms in total. The summed E-state index contributed by atoms with van der Waals surface area (Å²) in [4.78, 5) is 24.5. The summed E-state index contributed by atoms with van der Waals surface area (Å²) < 4.78 is 1.05. The van der Waals surface area contributed by atoms with Crippen LogP contribution in [0, 0.1) is 17.4 Å². The van der Waals surface area contributed by atoms with Crippen LogP contribution >= 0.6 is 35.0 Å². The molecule has 1 aromatic carbocycles. The van der Waals surface area contributed by atoms with Gasteiger partial charge in [0.2, 0.25) is 0 Å². The van der Waals surface area contributed by atoms with Gasteiger partial charge in [0.25, 0.3) is 11.1 Å². The van der Waals surface area contributed by atoms with E-state index in [2.05, 4.69) is 43.0 Å². The molecule has 3 rings (SSSR count). The summed E-state index contributed by atoms with van der Waals surface area (Å²) in [5.41, 5.74) is 3.09. The first-order chi connectivity index (χ1) is 10.5. The first-order valence-corrected chi connectivity index (χ1v) is 7.86. The summed E-state index contributed by atoms with van der Waals surface area (Å²) in [6.07, 6.45) is 0. The van der Waals surface area contributed by atoms with Gasteiger partial charge in [-0.3, -0.25) is 19.8 Å². The number of aromatic nitrogens is 4. The lowest BCUT2D eigenvalue weighted by Gasteiger charge is -2.16. The van der Waals surface area contributed by atoms with Gasteiger partial charge in [-0.25, -0.2) is 0 Å². The predicted molar refractivity (Wildman–Crippen MR) is 99.7 cm³/mol. The first kappa shape index (κ1) is 17.6. The molecule has 8 heteroatoms. The number of benzene rings is 1. The maximum absolute atomic E-state index is 12.2. The molecule has 0 unspecified atom stereocenters. The van der Waals surface area contributed by atoms with E-state index in [1.54, 1.807) is 0 Å². The largest absolute Gasteiger partial charge is 0.302 e. The number of halogens is 2. The summed E-state index contributed by atoms with van der Waals surface area (Å²) >= 11 is 2.22. The zero-order valence-electron chi connectivity index (χ0n) is 12.5. The second-order valence-electron chi connectivity index (χ2n) is 5.22. The van der Waals surface area contributed by atoms with Crippen molar-refractivity contribution in [1.29, 1.82) is 0 Å². The highest BCUT2D eigenvalue weighted by Crippen LogP contribution is 2.31. The third-order valence-corrected chi connectivity index (χ3v) is 4.45. The molecule has 0 spiro atoms. The van der Waals surface area contributed by atoms with Gasteiger partial charge in [-0.2, -0.15) is 0 Å². The zero-order chi connectivity index (χ0) is 15.9. The van der Waals surface area contributed by atoms with E-state index in [4.69, 9.17) is 0 Å². The molecule has 0 atom stereocenters. The van der Waals surface area contributed by atoms with Gasteiger partial charge in [0.05, 0.1) is 11.1 Å². The maximum Gasteiger partial charge on any atom is 0.268 e. The molecule has 0 aliphatic heterocycles. The van der Waals surface area contributed by atoms with Crippen molar-refractivity contribution < 1.29 is 0 Å². The molecule has 2 heterocycles. The van der Waals surface area contributed by atoms with Crippen molar-refractivity contribution in [2.24, 2.45) is 0 Å². The van der Waals surface area contributed by atoms with E-state index in [-0.39, 0.29) is 23.5 Å². The molecule has 3 aromatic rings. The van der Waals surface area contributed by atoms with Gasteiger partial charge in [-0.1, -0.05) is 12.1 Å². The SMILES string of the molecule is Cc1[nH][nH]c(=O)c1C(c1cccc(I)c1)c1c(C)[nH][nH]c1=O.Cl. The molecule has 0 fully saturated rings. The molecule has 0 radical (unpaired) electrons. The van der Waals surface area contributed by atoms with E-state index >= 15 is 0 Å². The van der Waals surface area contributed by atoms with Crippen LogP contribution < -0.4 is 11.1 Å². The first-order valence-electron chi connectivity index (χ1n) is 6.78. The number of rotatable bonds is 3. The molecule has 4 N–H and O–H groups in total. The quantitative estimate of drug-likeness (QED) is 0.465. The molecule has 2 aromatic heterocycles. The Balaban J connectivity index is 0.00000192. The van der Waals surface area contributed by atoms with Crippen molar-refractivity contribution in [3.8, 4) is 0 Å². The van der Waals surface area contributed by atoms with Gasteiger partial charge >= 0.3 is 0 Å². The fraction of sp³-hybridized carbons (Fsp3) is 0.200. The molecule has 0 aliphatic rings. The molecule has 0 bridgehead atoms. The second-order valence-corrected chi connectivity index (χ2v) is 6.47. The number of aromatic amines is 4. The molecule has 0 aliphatic carbocycles. The van der Waals surface area contributed by atoms with Crippen LogP contribution in [0.15, 0.2) is 33.9 Å². The highest BCUT2D eigenvalue weighted by molar-refractivity contribution is 14.1. The van der Waals surface area contributed by atoms with Crippen LogP contribution in [0.5, 0.6) is 0 Å². The average molecular weight is 447 g/mol. The monoisotopic (exact) mass is 446 g/mol. The highest BCUT2D eigenvalue weighted by Gasteiger charge is 2.27. The van der Waals surface area contributed by atoms with Crippen molar-refractivity contribution in [2.45, 2.75) is 19.8 Å². The van der Waals surface area contributed by atoms with Crippen molar-refractivity contribution in [3.63, 3.8) is 0 Å². The van der Waals surface area contributed by atoms with Gasteiger partial charge < -0.3 is 10.2 Å². The van der Waals surface area contributed by atoms with Crippen LogP contribution in [-0.2, 0) is 0 Å². The average Bonchev–Trinajstić information content (AvgIpc) is 2.97. The van der Waals surface area contributed by atoms with Gasteiger partial charge in [-0.05, 0) is 54.1 Å². The second kappa shape index (κ2) is 6.79. The van der Waals surface area contributed by atoms with E-state index in [0.717, 1.165) is 20.5 Å². The van der Waals surface area contributed by atoms with Gasteiger partial charge in [0.1, 0.15) is 0 Å². The molecule has 0 saturated heterocycles. The summed E-state index contributed by atoms with van der Waals surface area (Å²) in [6, 6.07) is 7.83. The minimum Gasteiger partial charge on any atom is -0.302 e. The maximum atomic E-state index is 12.2. The fourth-order valence-corrected chi connectivity index (χ4v) is 3.34. The van der Waals surface area contributed by atoms with E-state index in [0.29, 0.717) is 11.1 Å². The molecule has 23 heavy (non-hydrogen) atoms. The Labute approximate surface area is 151 Å². The lowest BCUT2D eigenvalue weighted by atomic mass is 9.85. The standard InChI is InChI=1S/C15H15IN4O2.ClH/c1-7-11(14(21)19-17-7)13(9-4-3-5-10(16)6-9)12-8(2)18-20-15(12)22;/h3-6,13H,1-2H3,(H2,17,19,21)(H2,18,20,22);1H. The van der Waals surface area contributed by atoms with Crippen LogP contribution in [0.2, 0.25) is 0 Å². The van der Waals surface area contributed by atoms with E-state index < -0.39 is 5.92 Å². The molecule has 0 amide bonds. The Morgan fingerprint density at radius 1 is 0.913 bits per heavy atom. The van der Waals surface area contributed by atoms with Crippen molar-refractivity contribution in [1.82, 2.24) is 20.4 Å². The van der Waals surface area contributed by atoms with Gasteiger partial charge in [0, 0.05) is 20.9 Å². The predicted octanol–water partition coefficient (Wildman–Crippen LogP) is 2.54. The number of aryl methyl sites for hydroxylation is 2. The normalized spacial score (nSPS) is 10.8. The van der Waals surface area contributed by atoms with Crippen molar-refractivity contribution in [2.75, 3.05) is 0 Å². The molecule has 0 saturated carbocycles. The van der Waals surface area contributed by atoms with Crippen LogP contribution in [0.25, 0.3) is 0 Å². The van der Waals surface area contributed by atoms with E-state index in [1.165, 1.54) is 0 Å². The number of hydrogen-bond acceptors (Lipinski definition) is 2. The van der Waals surface area contributed by atoms with Crippen LogP contribution in [-0.4, -0.2) is 20.4 Å². The Kier molecular flexibility index (Phi) is 5.20. The third-order valence-electron chi connectivity index (χ3n) is 3.78. The molecular formula is C15H16ClIN4O2. The minimum atomic E-state index is -0.417. The van der Waals surface area contributed by atoms with Gasteiger partial charge in [-0.15, -0.1) is 12.4 Å². The lowest BCUT2D eigenvalue weighted by molar-refractivity contribution is 0.930. The number of H-pyrrole nitrogens is 4.